The second kappa shape index (κ2) is 8.34. The molecule has 0 aliphatic carbocycles. The Morgan fingerprint density at radius 3 is 2.27 bits per heavy atom. The van der Waals surface area contributed by atoms with Gasteiger partial charge >= 0.3 is 11.7 Å². The maximum Gasteiger partial charge on any atom is 0.336 e. The van der Waals surface area contributed by atoms with Crippen molar-refractivity contribution in [3.05, 3.63) is 82.0 Å². The minimum atomic E-state index is -0.942. The predicted octanol–water partition coefficient (Wildman–Crippen LogP) is 5.33. The second-order valence-corrected chi connectivity index (χ2v) is 8.85. The number of rotatable bonds is 6. The fourth-order valence-corrected chi connectivity index (χ4v) is 3.66. The molecule has 3 rings (SSSR count). The van der Waals surface area contributed by atoms with Gasteiger partial charge in [0.15, 0.2) is 0 Å². The van der Waals surface area contributed by atoms with Gasteiger partial charge in [-0.15, -0.1) is 0 Å². The van der Waals surface area contributed by atoms with E-state index in [4.69, 9.17) is 0 Å². The molecule has 0 amide bonds. The molecule has 1 N–H and O–H groups in total. The van der Waals surface area contributed by atoms with Crippen molar-refractivity contribution in [2.75, 3.05) is 0 Å². The average molecular weight is 407 g/mol. The van der Waals surface area contributed by atoms with Gasteiger partial charge in [-0.3, -0.25) is 9.13 Å². The molecule has 3 aromatic rings. The third-order valence-corrected chi connectivity index (χ3v) is 5.60. The number of nitrogens with zero attached hydrogens (tertiary/aromatic N) is 2. The van der Waals surface area contributed by atoms with E-state index in [0.717, 1.165) is 23.2 Å². The van der Waals surface area contributed by atoms with Gasteiger partial charge < -0.3 is 5.11 Å². The molecule has 1 atom stereocenters. The first-order valence-electron chi connectivity index (χ1n) is 10.4. The lowest BCUT2D eigenvalue weighted by atomic mass is 9.92. The number of aromatic nitrogens is 2. The zero-order valence-corrected chi connectivity index (χ0v) is 18.3. The molecule has 0 aliphatic rings. The molecule has 0 radical (unpaired) electrons. The molecule has 0 spiro atoms. The third-order valence-electron chi connectivity index (χ3n) is 5.60. The summed E-state index contributed by atoms with van der Waals surface area (Å²) in [4.78, 5) is 24.6. The number of carbonyl (C=O) groups is 1. The standard InChI is InChI=1S/C25H30N2O3/c1-6-17(2)26-16-22(25(3,4)5)27(24(26)30)15-18-11-13-19(14-12-18)20-9-7-8-10-21(20)23(28)29/h7-14,16-17H,6,15H2,1-5H3,(H,28,29). The van der Waals surface area contributed by atoms with Crippen LogP contribution in [-0.2, 0) is 12.0 Å². The summed E-state index contributed by atoms with van der Waals surface area (Å²) in [6, 6.07) is 14.9. The van der Waals surface area contributed by atoms with Gasteiger partial charge in [0.2, 0.25) is 0 Å². The quantitative estimate of drug-likeness (QED) is 0.602. The Kier molecular flexibility index (Phi) is 6.01. The Morgan fingerprint density at radius 1 is 1.07 bits per heavy atom. The number of imidazole rings is 1. The van der Waals surface area contributed by atoms with Gasteiger partial charge in [-0.1, -0.05) is 70.2 Å². The fraction of sp³-hybridized carbons (Fsp3) is 0.360. The van der Waals surface area contributed by atoms with Crippen molar-refractivity contribution in [2.24, 2.45) is 0 Å². The first kappa shape index (κ1) is 21.6. The molecule has 0 aliphatic heterocycles. The summed E-state index contributed by atoms with van der Waals surface area (Å²) in [5.74, 6) is -0.942. The first-order chi connectivity index (χ1) is 14.1. The second-order valence-electron chi connectivity index (χ2n) is 8.85. The Balaban J connectivity index is 1.98. The van der Waals surface area contributed by atoms with E-state index >= 15 is 0 Å². The Morgan fingerprint density at radius 2 is 1.70 bits per heavy atom. The molecule has 1 aromatic heterocycles. The molecule has 1 heterocycles. The molecule has 30 heavy (non-hydrogen) atoms. The van der Waals surface area contributed by atoms with Crippen LogP contribution in [0, 0.1) is 0 Å². The molecule has 0 fully saturated rings. The van der Waals surface area contributed by atoms with Crippen LogP contribution in [0.25, 0.3) is 11.1 Å². The van der Waals surface area contributed by atoms with Crippen molar-refractivity contribution in [3.63, 3.8) is 0 Å². The highest BCUT2D eigenvalue weighted by molar-refractivity contribution is 5.95. The molecule has 5 nitrogen and oxygen atoms in total. The molecule has 5 heteroatoms. The van der Waals surface area contributed by atoms with Gasteiger partial charge in [0.25, 0.3) is 0 Å². The Hall–Kier alpha value is -3.08. The zero-order chi connectivity index (χ0) is 22.1. The maximum absolute atomic E-state index is 13.1. The highest BCUT2D eigenvalue weighted by Crippen LogP contribution is 2.26. The van der Waals surface area contributed by atoms with Gasteiger partial charge in [-0.25, -0.2) is 9.59 Å². The van der Waals surface area contributed by atoms with Gasteiger partial charge in [-0.2, -0.15) is 0 Å². The van der Waals surface area contributed by atoms with Gasteiger partial charge in [0.1, 0.15) is 0 Å². The maximum atomic E-state index is 13.1. The number of carboxylic acid groups (broad SMARTS) is 1. The van der Waals surface area contributed by atoms with Crippen LogP contribution in [0.15, 0.2) is 59.5 Å². The summed E-state index contributed by atoms with van der Waals surface area (Å²) in [6.07, 6.45) is 2.89. The van der Waals surface area contributed by atoms with E-state index in [2.05, 4.69) is 34.6 Å². The van der Waals surface area contributed by atoms with E-state index in [1.807, 2.05) is 51.7 Å². The minimum Gasteiger partial charge on any atom is -0.478 e. The first-order valence-corrected chi connectivity index (χ1v) is 10.4. The van der Waals surface area contributed by atoms with Crippen LogP contribution in [0.4, 0.5) is 0 Å². The lowest BCUT2D eigenvalue weighted by Crippen LogP contribution is -2.29. The van der Waals surface area contributed by atoms with Crippen molar-refractivity contribution in [1.82, 2.24) is 9.13 Å². The highest BCUT2D eigenvalue weighted by atomic mass is 16.4. The predicted molar refractivity (Wildman–Crippen MR) is 120 cm³/mol. The summed E-state index contributed by atoms with van der Waals surface area (Å²) < 4.78 is 3.68. The summed E-state index contributed by atoms with van der Waals surface area (Å²) in [5.41, 5.74) is 3.67. The molecular formula is C25H30N2O3. The fourth-order valence-electron chi connectivity index (χ4n) is 3.66. The number of aromatic carboxylic acids is 1. The Bertz CT molecular complexity index is 1100. The Labute approximate surface area is 177 Å². The van der Waals surface area contributed by atoms with E-state index in [1.54, 1.807) is 12.1 Å². The van der Waals surface area contributed by atoms with Crippen molar-refractivity contribution >= 4 is 5.97 Å². The van der Waals surface area contributed by atoms with Crippen LogP contribution in [0.2, 0.25) is 0 Å². The minimum absolute atomic E-state index is 0.00887. The number of hydrogen-bond acceptors (Lipinski definition) is 2. The van der Waals surface area contributed by atoms with E-state index in [9.17, 15) is 14.7 Å². The molecule has 0 bridgehead atoms. The molecule has 0 saturated heterocycles. The van der Waals surface area contributed by atoms with E-state index in [-0.39, 0.29) is 22.7 Å². The lowest BCUT2D eigenvalue weighted by molar-refractivity contribution is 0.0697. The van der Waals surface area contributed by atoms with Gasteiger partial charge in [0, 0.05) is 23.3 Å². The number of hydrogen-bond donors (Lipinski definition) is 1. The average Bonchev–Trinajstić information content (AvgIpc) is 3.04. The van der Waals surface area contributed by atoms with Gasteiger partial charge in [0.05, 0.1) is 12.1 Å². The van der Waals surface area contributed by atoms with E-state index < -0.39 is 5.97 Å². The topological polar surface area (TPSA) is 64.2 Å². The lowest BCUT2D eigenvalue weighted by Gasteiger charge is -2.20. The summed E-state index contributed by atoms with van der Waals surface area (Å²) in [6.45, 7) is 11.0. The molecule has 158 valence electrons. The van der Waals surface area contributed by atoms with Crippen molar-refractivity contribution in [1.29, 1.82) is 0 Å². The monoisotopic (exact) mass is 406 g/mol. The van der Waals surface area contributed by atoms with Crippen LogP contribution in [0.5, 0.6) is 0 Å². The third kappa shape index (κ3) is 4.25. The van der Waals surface area contributed by atoms with E-state index in [0.29, 0.717) is 12.1 Å². The van der Waals surface area contributed by atoms with Crippen LogP contribution >= 0.6 is 0 Å². The zero-order valence-electron chi connectivity index (χ0n) is 18.3. The van der Waals surface area contributed by atoms with Gasteiger partial charge in [-0.05, 0) is 36.1 Å². The molecular weight excluding hydrogens is 376 g/mol. The summed E-state index contributed by atoms with van der Waals surface area (Å²) >= 11 is 0. The van der Waals surface area contributed by atoms with Crippen molar-refractivity contribution < 1.29 is 9.90 Å². The van der Waals surface area contributed by atoms with Crippen LogP contribution in [0.1, 0.15) is 68.7 Å². The summed E-state index contributed by atoms with van der Waals surface area (Å²) in [5, 5.41) is 9.44. The smallest absolute Gasteiger partial charge is 0.336 e. The molecule has 0 saturated carbocycles. The number of benzene rings is 2. The highest BCUT2D eigenvalue weighted by Gasteiger charge is 2.24. The summed E-state index contributed by atoms with van der Waals surface area (Å²) in [7, 11) is 0. The normalized spacial score (nSPS) is 12.7. The van der Waals surface area contributed by atoms with Crippen molar-refractivity contribution in [3.8, 4) is 11.1 Å². The van der Waals surface area contributed by atoms with Crippen LogP contribution < -0.4 is 5.69 Å². The molecule has 2 aromatic carbocycles. The van der Waals surface area contributed by atoms with Crippen LogP contribution in [0.3, 0.4) is 0 Å². The molecule has 1 unspecified atom stereocenters. The van der Waals surface area contributed by atoms with E-state index in [1.165, 1.54) is 0 Å². The van der Waals surface area contributed by atoms with Crippen molar-refractivity contribution in [2.45, 2.75) is 59.0 Å². The SMILES string of the molecule is CCC(C)n1cc(C(C)(C)C)n(Cc2ccc(-c3ccccc3C(=O)O)cc2)c1=O. The van der Waals surface area contributed by atoms with Crippen LogP contribution in [-0.4, -0.2) is 20.2 Å². The number of carboxylic acids is 1. The largest absolute Gasteiger partial charge is 0.478 e.